The van der Waals surface area contributed by atoms with Crippen LogP contribution >= 0.6 is 0 Å². The molecule has 0 spiro atoms. The monoisotopic (exact) mass is 566 g/mol. The van der Waals surface area contributed by atoms with Crippen LogP contribution in [0.25, 0.3) is 39.7 Å². The molecule has 4 heteroatoms. The Labute approximate surface area is 257 Å². The molecule has 2 aromatic heterocycles. The van der Waals surface area contributed by atoms with Crippen molar-refractivity contribution in [2.75, 3.05) is 0 Å². The average Bonchev–Trinajstić information content (AvgIpc) is 3.39. The number of benzene rings is 4. The lowest BCUT2D eigenvalue weighted by Crippen LogP contribution is -2.30. The highest BCUT2D eigenvalue weighted by atomic mass is 15.0. The van der Waals surface area contributed by atoms with Crippen LogP contribution in [-0.4, -0.2) is 19.9 Å². The summed E-state index contributed by atoms with van der Waals surface area (Å²) in [7, 11) is 0. The standard InChI is InChI=1S/C40H30N4/c1-3-16-32-33-25-24-30(39-43-37(28-17-8-5-9-18-28)42-38(44-39)29-19-10-6-11-20-29)27-35(33)40(34(32)4-2,31-21-12-7-13-22-31)36-23-14-15-26-41-36/h3-27H,2H2,1H3/b16-3-. The van der Waals surface area contributed by atoms with Crippen LogP contribution in [0.5, 0.6) is 0 Å². The molecule has 0 aliphatic heterocycles. The Balaban J connectivity index is 1.52. The van der Waals surface area contributed by atoms with Gasteiger partial charge in [-0.05, 0) is 53.0 Å². The maximum Gasteiger partial charge on any atom is 0.164 e. The van der Waals surface area contributed by atoms with Crippen molar-refractivity contribution in [2.24, 2.45) is 0 Å². The molecule has 44 heavy (non-hydrogen) atoms. The van der Waals surface area contributed by atoms with E-state index in [1.54, 1.807) is 0 Å². The van der Waals surface area contributed by atoms with Crippen molar-refractivity contribution in [3.05, 3.63) is 186 Å². The number of nitrogens with zero attached hydrogens (tertiary/aromatic N) is 4. The minimum absolute atomic E-state index is 0.614. The molecule has 0 amide bonds. The maximum atomic E-state index is 5.03. The van der Waals surface area contributed by atoms with Crippen molar-refractivity contribution in [2.45, 2.75) is 12.3 Å². The summed E-state index contributed by atoms with van der Waals surface area (Å²) in [5.41, 5.74) is 8.64. The molecular weight excluding hydrogens is 536 g/mol. The van der Waals surface area contributed by atoms with Gasteiger partial charge in [0.25, 0.3) is 0 Å². The van der Waals surface area contributed by atoms with Gasteiger partial charge < -0.3 is 0 Å². The first kappa shape index (κ1) is 27.1. The summed E-state index contributed by atoms with van der Waals surface area (Å²) in [6, 6.07) is 43.3. The van der Waals surface area contributed by atoms with E-state index in [0.717, 1.165) is 50.2 Å². The van der Waals surface area contributed by atoms with Gasteiger partial charge in [-0.25, -0.2) is 15.0 Å². The molecule has 1 unspecified atom stereocenters. The predicted octanol–water partition coefficient (Wildman–Crippen LogP) is 9.13. The van der Waals surface area contributed by atoms with Gasteiger partial charge in [0.15, 0.2) is 17.5 Å². The molecule has 210 valence electrons. The molecule has 4 nitrogen and oxygen atoms in total. The summed E-state index contributed by atoms with van der Waals surface area (Å²) >= 11 is 0. The lowest BCUT2D eigenvalue weighted by molar-refractivity contribution is 0.729. The van der Waals surface area contributed by atoms with Crippen molar-refractivity contribution < 1.29 is 0 Å². The number of pyridine rings is 1. The molecule has 6 aromatic rings. The molecule has 1 aliphatic carbocycles. The van der Waals surface area contributed by atoms with E-state index in [1.165, 1.54) is 0 Å². The van der Waals surface area contributed by atoms with Gasteiger partial charge >= 0.3 is 0 Å². The van der Waals surface area contributed by atoms with Crippen molar-refractivity contribution in [1.29, 1.82) is 0 Å². The minimum Gasteiger partial charge on any atom is -0.260 e. The Morgan fingerprint density at radius 2 is 1.18 bits per heavy atom. The second-order valence-corrected chi connectivity index (χ2v) is 10.7. The highest BCUT2D eigenvalue weighted by Gasteiger charge is 2.47. The van der Waals surface area contributed by atoms with Crippen molar-refractivity contribution in [3.63, 3.8) is 0 Å². The van der Waals surface area contributed by atoms with E-state index in [1.807, 2.05) is 92.0 Å². The first-order valence-corrected chi connectivity index (χ1v) is 14.7. The Kier molecular flexibility index (Phi) is 7.09. The minimum atomic E-state index is -0.679. The largest absolute Gasteiger partial charge is 0.260 e. The molecule has 4 aromatic carbocycles. The van der Waals surface area contributed by atoms with E-state index in [0.29, 0.717) is 17.5 Å². The van der Waals surface area contributed by atoms with Crippen LogP contribution in [0, 0.1) is 0 Å². The number of aromatic nitrogens is 4. The van der Waals surface area contributed by atoms with Crippen molar-refractivity contribution in [1.82, 2.24) is 19.9 Å². The maximum absolute atomic E-state index is 5.03. The van der Waals surface area contributed by atoms with Gasteiger partial charge in [0.2, 0.25) is 0 Å². The van der Waals surface area contributed by atoms with Crippen LogP contribution in [0.4, 0.5) is 0 Å². The van der Waals surface area contributed by atoms with Gasteiger partial charge in [-0.2, -0.15) is 0 Å². The van der Waals surface area contributed by atoms with E-state index in [2.05, 4.69) is 73.3 Å². The highest BCUT2D eigenvalue weighted by Crippen LogP contribution is 2.55. The number of hydrogen-bond acceptors (Lipinski definition) is 4. The molecule has 0 fully saturated rings. The third-order valence-corrected chi connectivity index (χ3v) is 8.16. The van der Waals surface area contributed by atoms with Gasteiger partial charge in [-0.1, -0.05) is 134 Å². The van der Waals surface area contributed by atoms with Crippen LogP contribution in [0.15, 0.2) is 164 Å². The number of rotatable bonds is 7. The highest BCUT2D eigenvalue weighted by molar-refractivity contribution is 5.92. The Morgan fingerprint density at radius 3 is 1.73 bits per heavy atom. The zero-order chi connectivity index (χ0) is 29.9. The lowest BCUT2D eigenvalue weighted by Gasteiger charge is -2.33. The first-order chi connectivity index (χ1) is 21.7. The third kappa shape index (κ3) is 4.48. The second-order valence-electron chi connectivity index (χ2n) is 10.7. The van der Waals surface area contributed by atoms with Crippen molar-refractivity contribution >= 4 is 5.57 Å². The summed E-state index contributed by atoms with van der Waals surface area (Å²) < 4.78 is 0. The first-order valence-electron chi connectivity index (χ1n) is 14.7. The summed E-state index contributed by atoms with van der Waals surface area (Å²) in [5.74, 6) is 1.88. The smallest absolute Gasteiger partial charge is 0.164 e. The number of allylic oxidation sites excluding steroid dienone is 5. The summed E-state index contributed by atoms with van der Waals surface area (Å²) in [5, 5.41) is 0. The van der Waals surface area contributed by atoms with E-state index >= 15 is 0 Å². The summed E-state index contributed by atoms with van der Waals surface area (Å²) in [4.78, 5) is 19.9. The molecule has 1 atom stereocenters. The molecule has 2 heterocycles. The Bertz CT molecular complexity index is 1920. The van der Waals surface area contributed by atoms with E-state index in [4.69, 9.17) is 19.9 Å². The molecule has 1 aliphatic rings. The fourth-order valence-corrected chi connectivity index (χ4v) is 6.28. The van der Waals surface area contributed by atoms with Gasteiger partial charge in [-0.3, -0.25) is 4.98 Å². The zero-order valence-corrected chi connectivity index (χ0v) is 24.4. The van der Waals surface area contributed by atoms with Crippen LogP contribution in [0.3, 0.4) is 0 Å². The van der Waals surface area contributed by atoms with E-state index < -0.39 is 5.41 Å². The van der Waals surface area contributed by atoms with Gasteiger partial charge in [0.1, 0.15) is 0 Å². The quantitative estimate of drug-likeness (QED) is 0.193. The van der Waals surface area contributed by atoms with E-state index in [9.17, 15) is 0 Å². The number of fused-ring (bicyclic) bond motifs is 1. The summed E-state index contributed by atoms with van der Waals surface area (Å²) in [6.45, 7) is 6.37. The van der Waals surface area contributed by atoms with Gasteiger partial charge in [-0.15, -0.1) is 0 Å². The number of hydrogen-bond donors (Lipinski definition) is 0. The van der Waals surface area contributed by atoms with Crippen LogP contribution < -0.4 is 0 Å². The second kappa shape index (κ2) is 11.5. The molecule has 0 N–H and O–H groups in total. The topological polar surface area (TPSA) is 51.6 Å². The lowest BCUT2D eigenvalue weighted by atomic mass is 9.68. The van der Waals surface area contributed by atoms with Crippen LogP contribution in [0.2, 0.25) is 0 Å². The summed E-state index contributed by atoms with van der Waals surface area (Å²) in [6.07, 6.45) is 8.11. The normalized spacial score (nSPS) is 15.8. The van der Waals surface area contributed by atoms with Gasteiger partial charge in [0, 0.05) is 22.9 Å². The Hall–Kier alpha value is -5.74. The van der Waals surface area contributed by atoms with Gasteiger partial charge in [0.05, 0.1) is 11.1 Å². The predicted molar refractivity (Wildman–Crippen MR) is 179 cm³/mol. The molecule has 0 saturated heterocycles. The van der Waals surface area contributed by atoms with Crippen LogP contribution in [-0.2, 0) is 5.41 Å². The molecule has 0 bridgehead atoms. The van der Waals surface area contributed by atoms with Crippen molar-refractivity contribution in [3.8, 4) is 34.2 Å². The van der Waals surface area contributed by atoms with E-state index in [-0.39, 0.29) is 0 Å². The fraction of sp³-hybridized carbons (Fsp3) is 0.0500. The SMILES string of the molecule is C=CC1=C(/C=C\C)c2ccc(-c3nc(-c4ccccc4)nc(-c4ccccc4)n3)cc2C1(c1ccccc1)c1ccccn1. The third-order valence-electron chi connectivity index (χ3n) is 8.16. The molecule has 7 rings (SSSR count). The Morgan fingerprint density at radius 1 is 0.614 bits per heavy atom. The molecule has 0 saturated carbocycles. The fourth-order valence-electron chi connectivity index (χ4n) is 6.28. The molecule has 0 radical (unpaired) electrons. The molecular formula is C40H30N4. The average molecular weight is 567 g/mol. The zero-order valence-electron chi connectivity index (χ0n) is 24.4. The van der Waals surface area contributed by atoms with Crippen LogP contribution in [0.1, 0.15) is 29.3 Å².